The van der Waals surface area contributed by atoms with Crippen molar-refractivity contribution in [2.24, 2.45) is 5.41 Å². The molecule has 0 unspecified atom stereocenters. The third kappa shape index (κ3) is 1.20. The van der Waals surface area contributed by atoms with Gasteiger partial charge in [0.2, 0.25) is 0 Å². The Balaban J connectivity index is 2.36. The Bertz CT molecular complexity index is 628. The lowest BCUT2D eigenvalue weighted by molar-refractivity contribution is -0.132. The highest BCUT2D eigenvalue weighted by Gasteiger charge is 2.58. The first-order valence-corrected chi connectivity index (χ1v) is 6.45. The van der Waals surface area contributed by atoms with Crippen LogP contribution in [0.3, 0.4) is 0 Å². The molecular formula is C16H18O3. The van der Waals surface area contributed by atoms with Gasteiger partial charge in [-0.2, -0.15) is 0 Å². The van der Waals surface area contributed by atoms with E-state index in [2.05, 4.69) is 27.4 Å². The van der Waals surface area contributed by atoms with Gasteiger partial charge in [0.15, 0.2) is 0 Å². The lowest BCUT2D eigenvalue weighted by atomic mass is 9.61. The average Bonchev–Trinajstić information content (AvgIpc) is 2.75. The summed E-state index contributed by atoms with van der Waals surface area (Å²) >= 11 is 0. The minimum Gasteiger partial charge on any atom is -0.487 e. The average molecular weight is 258 g/mol. The van der Waals surface area contributed by atoms with Crippen LogP contribution < -0.4 is 0 Å². The van der Waals surface area contributed by atoms with Crippen molar-refractivity contribution in [2.75, 3.05) is 0 Å². The molecule has 3 heteroatoms. The van der Waals surface area contributed by atoms with E-state index in [-0.39, 0.29) is 11.4 Å². The molecule has 2 heterocycles. The Kier molecular flexibility index (Phi) is 2.08. The van der Waals surface area contributed by atoms with Gasteiger partial charge >= 0.3 is 5.97 Å². The zero-order chi connectivity index (χ0) is 14.2. The summed E-state index contributed by atoms with van der Waals surface area (Å²) in [6.45, 7) is 14.0. The third-order valence-corrected chi connectivity index (χ3v) is 4.77. The molecule has 0 fully saturated rings. The molecule has 0 saturated carbocycles. The molecule has 3 aliphatic rings. The summed E-state index contributed by atoms with van der Waals surface area (Å²) in [6.07, 6.45) is 2.02. The minimum absolute atomic E-state index is 0.293. The molecule has 0 saturated heterocycles. The van der Waals surface area contributed by atoms with Crippen molar-refractivity contribution in [3.8, 4) is 0 Å². The molecular weight excluding hydrogens is 240 g/mol. The molecule has 1 aliphatic carbocycles. The van der Waals surface area contributed by atoms with Crippen LogP contribution in [0.25, 0.3) is 0 Å². The van der Waals surface area contributed by atoms with E-state index in [0.717, 1.165) is 22.5 Å². The number of hydrogen-bond acceptors (Lipinski definition) is 3. The third-order valence-electron chi connectivity index (χ3n) is 4.77. The summed E-state index contributed by atoms with van der Waals surface area (Å²) in [5, 5.41) is 0. The molecule has 0 aromatic carbocycles. The second-order valence-electron chi connectivity index (χ2n) is 6.12. The van der Waals surface area contributed by atoms with Crippen LogP contribution in [0.15, 0.2) is 46.5 Å². The molecule has 0 N–H and O–H groups in total. The van der Waals surface area contributed by atoms with Crippen LogP contribution in [0.2, 0.25) is 0 Å². The largest absolute Gasteiger partial charge is 0.487 e. The van der Waals surface area contributed by atoms with Crippen molar-refractivity contribution in [3.63, 3.8) is 0 Å². The topological polar surface area (TPSA) is 35.5 Å². The lowest BCUT2D eigenvalue weighted by Gasteiger charge is -2.46. The molecule has 0 spiro atoms. The summed E-state index contributed by atoms with van der Waals surface area (Å²) < 4.78 is 11.3. The van der Waals surface area contributed by atoms with Crippen molar-refractivity contribution in [3.05, 3.63) is 46.5 Å². The molecule has 2 aliphatic heterocycles. The van der Waals surface area contributed by atoms with E-state index in [1.54, 1.807) is 0 Å². The van der Waals surface area contributed by atoms with Gasteiger partial charge in [-0.05, 0) is 32.4 Å². The van der Waals surface area contributed by atoms with Crippen LogP contribution in [0.1, 0.15) is 34.6 Å². The first-order chi connectivity index (χ1) is 8.70. The fourth-order valence-corrected chi connectivity index (χ4v) is 3.51. The van der Waals surface area contributed by atoms with Gasteiger partial charge in [0.25, 0.3) is 0 Å². The molecule has 0 amide bonds. The Labute approximate surface area is 113 Å². The van der Waals surface area contributed by atoms with Gasteiger partial charge in [-0.1, -0.05) is 20.4 Å². The maximum atomic E-state index is 12.1. The van der Waals surface area contributed by atoms with E-state index < -0.39 is 5.60 Å². The highest BCUT2D eigenvalue weighted by molar-refractivity contribution is 6.00. The van der Waals surface area contributed by atoms with Crippen LogP contribution in [0.5, 0.6) is 0 Å². The maximum absolute atomic E-state index is 12.1. The highest BCUT2D eigenvalue weighted by Crippen LogP contribution is 2.58. The van der Waals surface area contributed by atoms with Crippen LogP contribution >= 0.6 is 0 Å². The molecule has 3 nitrogen and oxygen atoms in total. The van der Waals surface area contributed by atoms with Crippen molar-refractivity contribution in [2.45, 2.75) is 40.2 Å². The van der Waals surface area contributed by atoms with Crippen molar-refractivity contribution in [1.29, 1.82) is 0 Å². The van der Waals surface area contributed by atoms with E-state index in [4.69, 9.17) is 9.47 Å². The summed E-state index contributed by atoms with van der Waals surface area (Å²) in [4.78, 5) is 12.1. The summed E-state index contributed by atoms with van der Waals surface area (Å²) in [7, 11) is 0. The molecule has 0 aromatic rings. The Morgan fingerprint density at radius 2 is 1.84 bits per heavy atom. The van der Waals surface area contributed by atoms with Gasteiger partial charge in [0.1, 0.15) is 11.4 Å². The normalized spacial score (nSPS) is 31.9. The quantitative estimate of drug-likeness (QED) is 0.625. The fraction of sp³-hybridized carbons (Fsp3) is 0.438. The smallest absolute Gasteiger partial charge is 0.344 e. The first kappa shape index (κ1) is 12.3. The van der Waals surface area contributed by atoms with E-state index in [1.165, 1.54) is 0 Å². The van der Waals surface area contributed by atoms with Crippen molar-refractivity contribution >= 4 is 5.97 Å². The number of allylic oxidation sites excluding steroid dienone is 2. The molecule has 3 rings (SSSR count). The van der Waals surface area contributed by atoms with Gasteiger partial charge in [-0.3, -0.25) is 0 Å². The van der Waals surface area contributed by atoms with E-state index >= 15 is 0 Å². The predicted molar refractivity (Wildman–Crippen MR) is 72.0 cm³/mol. The maximum Gasteiger partial charge on any atom is 0.344 e. The molecule has 100 valence electrons. The minimum atomic E-state index is -0.475. The monoisotopic (exact) mass is 258 g/mol. The second kappa shape index (κ2) is 3.21. The number of esters is 1. The summed E-state index contributed by atoms with van der Waals surface area (Å²) in [5.41, 5.74) is 2.71. The Morgan fingerprint density at radius 3 is 2.47 bits per heavy atom. The number of rotatable bonds is 0. The van der Waals surface area contributed by atoms with E-state index in [0.29, 0.717) is 11.3 Å². The van der Waals surface area contributed by atoms with Gasteiger partial charge in [0, 0.05) is 16.6 Å². The Hall–Kier alpha value is -1.77. The molecule has 0 bridgehead atoms. The zero-order valence-electron chi connectivity index (χ0n) is 12.0. The molecule has 0 aromatic heterocycles. The number of carbonyl (C=O) groups excluding carboxylic acids is 1. The fourth-order valence-electron chi connectivity index (χ4n) is 3.51. The van der Waals surface area contributed by atoms with E-state index in [1.807, 2.05) is 19.9 Å². The van der Waals surface area contributed by atoms with Crippen LogP contribution in [0.4, 0.5) is 0 Å². The number of hydrogen-bond donors (Lipinski definition) is 0. The van der Waals surface area contributed by atoms with Crippen LogP contribution in [-0.2, 0) is 14.3 Å². The highest BCUT2D eigenvalue weighted by atomic mass is 16.5. The number of carbonyl (C=O) groups is 1. The lowest BCUT2D eigenvalue weighted by Crippen LogP contribution is -2.47. The molecule has 0 radical (unpaired) electrons. The molecule has 1 atom stereocenters. The first-order valence-electron chi connectivity index (χ1n) is 6.45. The van der Waals surface area contributed by atoms with Gasteiger partial charge in [-0.15, -0.1) is 0 Å². The zero-order valence-corrected chi connectivity index (χ0v) is 12.0. The number of fused-ring (bicyclic) bond motifs is 1. The van der Waals surface area contributed by atoms with Crippen LogP contribution in [-0.4, -0.2) is 11.6 Å². The second-order valence-corrected chi connectivity index (χ2v) is 6.12. The van der Waals surface area contributed by atoms with Crippen LogP contribution in [0, 0.1) is 5.41 Å². The number of ether oxygens (including phenoxy) is 2. The van der Waals surface area contributed by atoms with Gasteiger partial charge in [0.05, 0.1) is 11.3 Å². The summed E-state index contributed by atoms with van der Waals surface area (Å²) in [5.74, 6) is 1.04. The Morgan fingerprint density at radius 1 is 1.21 bits per heavy atom. The SMILES string of the molecule is C=C1OC(=O)C2=C1C(C)(C)[C@]1(C)OC(C)=CC1=C2C. The van der Waals surface area contributed by atoms with Gasteiger partial charge < -0.3 is 9.47 Å². The molecule has 19 heavy (non-hydrogen) atoms. The van der Waals surface area contributed by atoms with E-state index in [9.17, 15) is 4.79 Å². The van der Waals surface area contributed by atoms with Gasteiger partial charge in [-0.25, -0.2) is 4.79 Å². The standard InChI is InChI=1S/C16H18O3/c1-8-7-11-9(2)12-13(10(3)18-14(12)17)15(4,5)16(11,6)19-8/h7H,3H2,1-2,4-6H3/t16-/m1/s1. The summed E-state index contributed by atoms with van der Waals surface area (Å²) in [6, 6.07) is 0. The predicted octanol–water partition coefficient (Wildman–Crippen LogP) is 3.40. The number of cyclic esters (lactones) is 1. The van der Waals surface area contributed by atoms with Crippen molar-refractivity contribution < 1.29 is 14.3 Å². The van der Waals surface area contributed by atoms with Crippen molar-refractivity contribution in [1.82, 2.24) is 0 Å².